The maximum absolute atomic E-state index is 13.3. The van der Waals surface area contributed by atoms with Gasteiger partial charge in [-0.2, -0.15) is 13.2 Å². The van der Waals surface area contributed by atoms with Gasteiger partial charge in [-0.15, -0.1) is 0 Å². The minimum atomic E-state index is -4.56. The lowest BCUT2D eigenvalue weighted by atomic mass is 9.97. The molecule has 0 bridgehead atoms. The standard InChI is InChI=1S/C19H21F3N4.CH2F2/c1-18(2,3)11-26-10-13(9-23)14-5-4-12(8-15(14)26)16-17(19(20,21)22)25-7-6-24-16;2-1-3/h4-8,10H,9,11,23H2,1-3H3;1H2. The third-order valence-electron chi connectivity index (χ3n) is 4.07. The molecule has 0 amide bonds. The molecular weight excluding hydrogens is 391 g/mol. The number of hydrogen-bond donors (Lipinski definition) is 1. The zero-order valence-corrected chi connectivity index (χ0v) is 16.4. The van der Waals surface area contributed by atoms with Crippen molar-refractivity contribution in [2.75, 3.05) is 6.93 Å². The monoisotopic (exact) mass is 414 g/mol. The quantitative estimate of drug-likeness (QED) is 0.576. The Balaban J connectivity index is 0.000000941. The molecule has 0 fully saturated rings. The summed E-state index contributed by atoms with van der Waals surface area (Å²) in [5.74, 6) is 0. The molecule has 0 aliphatic rings. The van der Waals surface area contributed by atoms with Crippen LogP contribution in [0.25, 0.3) is 22.2 Å². The average Bonchev–Trinajstić information content (AvgIpc) is 2.97. The van der Waals surface area contributed by atoms with E-state index in [4.69, 9.17) is 5.73 Å². The van der Waals surface area contributed by atoms with Crippen LogP contribution < -0.4 is 5.73 Å². The third-order valence-corrected chi connectivity index (χ3v) is 4.07. The van der Waals surface area contributed by atoms with Gasteiger partial charge in [-0.1, -0.05) is 32.9 Å². The second kappa shape index (κ2) is 8.86. The van der Waals surface area contributed by atoms with Gasteiger partial charge in [-0.05, 0) is 17.0 Å². The van der Waals surface area contributed by atoms with Crippen molar-refractivity contribution in [2.24, 2.45) is 11.1 Å². The highest BCUT2D eigenvalue weighted by molar-refractivity contribution is 5.88. The van der Waals surface area contributed by atoms with E-state index in [0.717, 1.165) is 29.2 Å². The van der Waals surface area contributed by atoms with Gasteiger partial charge < -0.3 is 10.3 Å². The molecule has 0 unspecified atom stereocenters. The Morgan fingerprint density at radius 2 is 1.66 bits per heavy atom. The summed E-state index contributed by atoms with van der Waals surface area (Å²) in [7, 11) is 0. The van der Waals surface area contributed by atoms with Crippen LogP contribution in [0.15, 0.2) is 36.8 Å². The van der Waals surface area contributed by atoms with Crippen LogP contribution in [-0.2, 0) is 19.3 Å². The largest absolute Gasteiger partial charge is 0.435 e. The van der Waals surface area contributed by atoms with Crippen LogP contribution in [0.2, 0.25) is 0 Å². The summed E-state index contributed by atoms with van der Waals surface area (Å²) in [6.45, 7) is 5.66. The number of nitrogens with zero attached hydrogens (tertiary/aromatic N) is 3. The molecule has 0 spiro atoms. The van der Waals surface area contributed by atoms with E-state index in [1.165, 1.54) is 6.20 Å². The third kappa shape index (κ3) is 5.50. The fourth-order valence-electron chi connectivity index (χ4n) is 3.08. The lowest BCUT2D eigenvalue weighted by molar-refractivity contribution is -0.140. The zero-order valence-electron chi connectivity index (χ0n) is 16.4. The molecule has 29 heavy (non-hydrogen) atoms. The minimum absolute atomic E-state index is 0.0114. The molecule has 0 aliphatic heterocycles. The van der Waals surface area contributed by atoms with Crippen molar-refractivity contribution in [1.82, 2.24) is 14.5 Å². The molecule has 158 valence electrons. The minimum Gasteiger partial charge on any atom is -0.347 e. The van der Waals surface area contributed by atoms with Crippen molar-refractivity contribution in [3.05, 3.63) is 48.0 Å². The first-order chi connectivity index (χ1) is 13.5. The summed E-state index contributed by atoms with van der Waals surface area (Å²) in [4.78, 5) is 7.43. The van der Waals surface area contributed by atoms with Gasteiger partial charge in [-0.25, -0.2) is 13.8 Å². The second-order valence-corrected chi connectivity index (χ2v) is 7.63. The van der Waals surface area contributed by atoms with E-state index < -0.39 is 18.8 Å². The van der Waals surface area contributed by atoms with Crippen molar-refractivity contribution in [1.29, 1.82) is 0 Å². The molecular formula is C20H23F5N4. The van der Waals surface area contributed by atoms with Crippen LogP contribution in [0, 0.1) is 5.41 Å². The van der Waals surface area contributed by atoms with E-state index in [-0.39, 0.29) is 11.1 Å². The molecule has 2 N–H and O–H groups in total. The fourth-order valence-corrected chi connectivity index (χ4v) is 3.08. The molecule has 0 aliphatic carbocycles. The van der Waals surface area contributed by atoms with Gasteiger partial charge in [0.2, 0.25) is 6.93 Å². The highest BCUT2D eigenvalue weighted by Crippen LogP contribution is 2.36. The summed E-state index contributed by atoms with van der Waals surface area (Å²) < 4.78 is 61.1. The molecule has 0 radical (unpaired) electrons. The molecule has 2 heterocycles. The Hall–Kier alpha value is -2.55. The van der Waals surface area contributed by atoms with Gasteiger partial charge in [0, 0.05) is 48.1 Å². The smallest absolute Gasteiger partial charge is 0.347 e. The zero-order chi connectivity index (χ0) is 21.8. The van der Waals surface area contributed by atoms with E-state index in [1.54, 1.807) is 18.2 Å². The Kier molecular flexibility index (Phi) is 6.94. The van der Waals surface area contributed by atoms with E-state index in [0.29, 0.717) is 12.1 Å². The van der Waals surface area contributed by atoms with Crippen molar-refractivity contribution in [3.63, 3.8) is 0 Å². The summed E-state index contributed by atoms with van der Waals surface area (Å²) in [5.41, 5.74) is 6.90. The maximum atomic E-state index is 13.3. The van der Waals surface area contributed by atoms with Crippen molar-refractivity contribution in [2.45, 2.75) is 40.0 Å². The molecule has 9 heteroatoms. The summed E-state index contributed by atoms with van der Waals surface area (Å²) in [6.07, 6.45) is -0.261. The lowest BCUT2D eigenvalue weighted by Gasteiger charge is -2.20. The first kappa shape index (κ1) is 22.7. The summed E-state index contributed by atoms with van der Waals surface area (Å²) in [5, 5.41) is 0.943. The topological polar surface area (TPSA) is 56.7 Å². The number of hydrogen-bond acceptors (Lipinski definition) is 3. The Morgan fingerprint density at radius 3 is 2.21 bits per heavy atom. The van der Waals surface area contributed by atoms with E-state index >= 15 is 0 Å². The second-order valence-electron chi connectivity index (χ2n) is 7.63. The number of benzene rings is 1. The molecule has 0 saturated heterocycles. The maximum Gasteiger partial charge on any atom is 0.435 e. The highest BCUT2D eigenvalue weighted by Gasteiger charge is 2.36. The van der Waals surface area contributed by atoms with Crippen molar-refractivity contribution in [3.8, 4) is 11.3 Å². The fraction of sp³-hybridized carbons (Fsp3) is 0.400. The molecule has 1 aromatic carbocycles. The number of nitrogens with two attached hydrogens (primary N) is 1. The Labute approximate surface area is 165 Å². The van der Waals surface area contributed by atoms with Crippen LogP contribution in [0.5, 0.6) is 0 Å². The van der Waals surface area contributed by atoms with E-state index in [2.05, 4.69) is 30.7 Å². The number of fused-ring (bicyclic) bond motifs is 1. The normalized spacial score (nSPS) is 12.0. The van der Waals surface area contributed by atoms with Gasteiger partial charge in [0.05, 0.1) is 0 Å². The van der Waals surface area contributed by atoms with Crippen LogP contribution in [0.1, 0.15) is 32.0 Å². The van der Waals surface area contributed by atoms with Gasteiger partial charge in [0.15, 0.2) is 5.69 Å². The molecule has 0 atom stereocenters. The number of alkyl halides is 5. The predicted molar refractivity (Wildman–Crippen MR) is 102 cm³/mol. The SMILES string of the molecule is CC(C)(C)Cn1cc(CN)c2ccc(-c3nccnc3C(F)(F)F)cc21.FCF. The molecule has 4 nitrogen and oxygen atoms in total. The van der Waals surface area contributed by atoms with Crippen LogP contribution in [0.3, 0.4) is 0 Å². The number of halogens is 5. The van der Waals surface area contributed by atoms with E-state index in [9.17, 15) is 22.0 Å². The van der Waals surface area contributed by atoms with Gasteiger partial charge >= 0.3 is 6.18 Å². The molecule has 0 saturated carbocycles. The summed E-state index contributed by atoms with van der Waals surface area (Å²) in [6, 6.07) is 5.18. The highest BCUT2D eigenvalue weighted by atomic mass is 19.4. The van der Waals surface area contributed by atoms with Crippen LogP contribution in [0.4, 0.5) is 22.0 Å². The number of aromatic nitrogens is 3. The average molecular weight is 414 g/mol. The van der Waals surface area contributed by atoms with E-state index in [1.807, 2.05) is 10.8 Å². The van der Waals surface area contributed by atoms with Crippen LogP contribution in [-0.4, -0.2) is 21.5 Å². The van der Waals surface area contributed by atoms with Gasteiger partial charge in [0.25, 0.3) is 0 Å². The first-order valence-corrected chi connectivity index (χ1v) is 8.84. The number of rotatable bonds is 3. The predicted octanol–water partition coefficient (Wildman–Crippen LogP) is 5.50. The molecule has 3 aromatic rings. The Morgan fingerprint density at radius 1 is 1.03 bits per heavy atom. The van der Waals surface area contributed by atoms with Crippen LogP contribution >= 0.6 is 0 Å². The van der Waals surface area contributed by atoms with Gasteiger partial charge in [-0.3, -0.25) is 4.98 Å². The van der Waals surface area contributed by atoms with Crippen molar-refractivity contribution >= 4 is 10.9 Å². The van der Waals surface area contributed by atoms with Crippen molar-refractivity contribution < 1.29 is 22.0 Å². The lowest BCUT2D eigenvalue weighted by Crippen LogP contribution is -2.14. The summed E-state index contributed by atoms with van der Waals surface area (Å²) >= 11 is 0. The Bertz CT molecular complexity index is 958. The first-order valence-electron chi connectivity index (χ1n) is 8.84. The van der Waals surface area contributed by atoms with Gasteiger partial charge in [0.1, 0.15) is 5.69 Å². The molecule has 2 aromatic heterocycles. The molecule has 3 rings (SSSR count).